The lowest BCUT2D eigenvalue weighted by atomic mass is 10.1. The lowest BCUT2D eigenvalue weighted by Crippen LogP contribution is -2.23. The van der Waals surface area contributed by atoms with Crippen molar-refractivity contribution in [3.05, 3.63) is 99.8 Å². The van der Waals surface area contributed by atoms with Crippen LogP contribution in [-0.2, 0) is 27.6 Å². The van der Waals surface area contributed by atoms with Crippen LogP contribution in [0.2, 0.25) is 5.02 Å². The van der Waals surface area contributed by atoms with E-state index in [1.807, 2.05) is 31.2 Å². The molecule has 1 aromatic heterocycles. The summed E-state index contributed by atoms with van der Waals surface area (Å²) in [6.07, 6.45) is 2.12. The van der Waals surface area contributed by atoms with Crippen LogP contribution in [-0.4, -0.2) is 18.9 Å². The molecule has 0 bridgehead atoms. The Labute approximate surface area is 196 Å². The number of benzene rings is 3. The minimum atomic E-state index is -4.13. The number of rotatable bonds is 6. The second-order valence-corrected chi connectivity index (χ2v) is 9.88. The van der Waals surface area contributed by atoms with E-state index in [9.17, 15) is 18.0 Å². The van der Waals surface area contributed by atoms with Gasteiger partial charge in [-0.05, 0) is 60.5 Å². The van der Waals surface area contributed by atoms with E-state index < -0.39 is 20.2 Å². The summed E-state index contributed by atoms with van der Waals surface area (Å²) < 4.78 is 28.0. The fourth-order valence-corrected chi connectivity index (χ4v) is 5.05. The minimum absolute atomic E-state index is 0.0497. The van der Waals surface area contributed by atoms with Crippen LogP contribution in [0.15, 0.2) is 93.6 Å². The van der Waals surface area contributed by atoms with E-state index in [4.69, 9.17) is 11.6 Å². The quantitative estimate of drug-likeness (QED) is 0.434. The summed E-state index contributed by atoms with van der Waals surface area (Å²) in [6.45, 7) is 1.88. The van der Waals surface area contributed by atoms with E-state index in [1.165, 1.54) is 35.0 Å². The number of anilines is 1. The molecule has 33 heavy (non-hydrogen) atoms. The van der Waals surface area contributed by atoms with Gasteiger partial charge in [0.1, 0.15) is 11.4 Å². The zero-order valence-electron chi connectivity index (χ0n) is 17.8. The Morgan fingerprint density at radius 3 is 2.30 bits per heavy atom. The van der Waals surface area contributed by atoms with Crippen LogP contribution >= 0.6 is 11.6 Å². The largest absolute Gasteiger partial charge is 0.336 e. The number of amides is 1. The van der Waals surface area contributed by atoms with E-state index in [0.29, 0.717) is 16.2 Å². The number of carbonyl (C=O) groups excluding carboxylic acids is 1. The predicted molar refractivity (Wildman–Crippen MR) is 130 cm³/mol. The summed E-state index contributed by atoms with van der Waals surface area (Å²) in [7, 11) is -4.13. The Morgan fingerprint density at radius 2 is 1.64 bits per heavy atom. The Kier molecular flexibility index (Phi) is 6.35. The van der Waals surface area contributed by atoms with Crippen molar-refractivity contribution in [3.63, 3.8) is 0 Å². The number of para-hydroxylation sites is 1. The summed E-state index contributed by atoms with van der Waals surface area (Å²) in [5.74, 6) is -0.345. The molecule has 8 heteroatoms. The van der Waals surface area contributed by atoms with Gasteiger partial charge in [-0.25, -0.2) is 8.42 Å². The lowest BCUT2D eigenvalue weighted by Gasteiger charge is -2.14. The van der Waals surface area contributed by atoms with Crippen LogP contribution in [0.25, 0.3) is 10.9 Å². The third kappa shape index (κ3) is 4.69. The fraction of sp³-hybridized carbons (Fsp3) is 0.120. The Balaban J connectivity index is 1.75. The molecular weight excluding hydrogens is 460 g/mol. The van der Waals surface area contributed by atoms with Crippen molar-refractivity contribution in [2.24, 2.45) is 0 Å². The van der Waals surface area contributed by atoms with Gasteiger partial charge in [-0.15, -0.1) is 0 Å². The number of halogens is 1. The van der Waals surface area contributed by atoms with Gasteiger partial charge in [0.15, 0.2) is 0 Å². The highest BCUT2D eigenvalue weighted by Crippen LogP contribution is 2.23. The highest BCUT2D eigenvalue weighted by atomic mass is 35.5. The molecule has 168 valence electrons. The summed E-state index contributed by atoms with van der Waals surface area (Å²) in [4.78, 5) is 25.4. The maximum absolute atomic E-state index is 13.2. The lowest BCUT2D eigenvalue weighted by molar-refractivity contribution is -0.116. The molecule has 1 amide bonds. The molecule has 1 N–H and O–H groups in total. The van der Waals surface area contributed by atoms with Gasteiger partial charge >= 0.3 is 0 Å². The SMILES string of the molecule is CCc1ccc(NC(=O)Cn2cc(S(=O)(=O)c3ccc(Cl)cc3)c(=O)c3ccccc32)cc1. The molecule has 0 aliphatic heterocycles. The van der Waals surface area contributed by atoms with Crippen molar-refractivity contribution in [1.29, 1.82) is 0 Å². The van der Waals surface area contributed by atoms with E-state index in [-0.39, 0.29) is 22.7 Å². The van der Waals surface area contributed by atoms with Gasteiger partial charge in [-0.3, -0.25) is 9.59 Å². The molecule has 0 spiro atoms. The molecule has 0 atom stereocenters. The molecule has 0 radical (unpaired) electrons. The normalized spacial score (nSPS) is 11.5. The number of sulfone groups is 1. The maximum atomic E-state index is 13.2. The number of fused-ring (bicyclic) bond motifs is 1. The summed E-state index contributed by atoms with van der Waals surface area (Å²) >= 11 is 5.88. The first-order valence-corrected chi connectivity index (χ1v) is 12.2. The van der Waals surface area contributed by atoms with E-state index in [2.05, 4.69) is 5.32 Å². The number of nitrogens with zero attached hydrogens (tertiary/aromatic N) is 1. The molecule has 6 nitrogen and oxygen atoms in total. The van der Waals surface area contributed by atoms with Gasteiger partial charge in [0.25, 0.3) is 0 Å². The first kappa shape index (κ1) is 22.8. The highest BCUT2D eigenvalue weighted by Gasteiger charge is 2.24. The standard InChI is InChI=1S/C25H21ClN2O4S/c1-2-17-7-11-19(12-8-17)27-24(29)16-28-15-23(25(30)21-5-3-4-6-22(21)28)33(31,32)20-13-9-18(26)10-14-20/h3-15H,2,16H2,1H3,(H,27,29). The number of carbonyl (C=O) groups is 1. The molecule has 0 unspecified atom stereocenters. The van der Waals surface area contributed by atoms with Crippen LogP contribution < -0.4 is 10.7 Å². The van der Waals surface area contributed by atoms with E-state index >= 15 is 0 Å². The minimum Gasteiger partial charge on any atom is -0.336 e. The number of nitrogens with one attached hydrogen (secondary N) is 1. The smallest absolute Gasteiger partial charge is 0.244 e. The van der Waals surface area contributed by atoms with Crippen molar-refractivity contribution < 1.29 is 13.2 Å². The molecule has 3 aromatic carbocycles. The fourth-order valence-electron chi connectivity index (χ4n) is 3.56. The second kappa shape index (κ2) is 9.21. The molecular formula is C25H21ClN2O4S. The number of aromatic nitrogens is 1. The first-order chi connectivity index (χ1) is 15.8. The molecule has 4 aromatic rings. The second-order valence-electron chi connectivity index (χ2n) is 7.52. The summed E-state index contributed by atoms with van der Waals surface area (Å²) in [5.41, 5.74) is 1.63. The summed E-state index contributed by atoms with van der Waals surface area (Å²) in [6, 6.07) is 19.7. The molecule has 4 rings (SSSR count). The topological polar surface area (TPSA) is 85.2 Å². The molecule has 0 saturated carbocycles. The average molecular weight is 481 g/mol. The molecule has 0 aliphatic rings. The van der Waals surface area contributed by atoms with Crippen molar-refractivity contribution in [2.75, 3.05) is 5.32 Å². The first-order valence-electron chi connectivity index (χ1n) is 10.3. The van der Waals surface area contributed by atoms with Crippen LogP contribution in [0.5, 0.6) is 0 Å². The van der Waals surface area contributed by atoms with Crippen LogP contribution in [0.3, 0.4) is 0 Å². The van der Waals surface area contributed by atoms with Crippen molar-refractivity contribution in [2.45, 2.75) is 29.7 Å². The van der Waals surface area contributed by atoms with E-state index in [0.717, 1.165) is 12.0 Å². The van der Waals surface area contributed by atoms with Gasteiger partial charge in [0.05, 0.1) is 10.4 Å². The van der Waals surface area contributed by atoms with Gasteiger partial charge in [-0.1, -0.05) is 42.8 Å². The number of hydrogen-bond acceptors (Lipinski definition) is 4. The van der Waals surface area contributed by atoms with Gasteiger partial charge in [0, 0.05) is 22.3 Å². The van der Waals surface area contributed by atoms with E-state index in [1.54, 1.807) is 24.3 Å². The van der Waals surface area contributed by atoms with Crippen LogP contribution in [0.4, 0.5) is 5.69 Å². The third-order valence-electron chi connectivity index (χ3n) is 5.33. The molecule has 0 aliphatic carbocycles. The number of pyridine rings is 1. The molecule has 0 fully saturated rings. The average Bonchev–Trinajstić information content (AvgIpc) is 2.81. The van der Waals surface area contributed by atoms with Crippen molar-refractivity contribution in [1.82, 2.24) is 4.57 Å². The monoisotopic (exact) mass is 480 g/mol. The van der Waals surface area contributed by atoms with Gasteiger partial charge in [0.2, 0.25) is 21.2 Å². The Bertz CT molecular complexity index is 1490. The Morgan fingerprint density at radius 1 is 0.970 bits per heavy atom. The van der Waals surface area contributed by atoms with Crippen LogP contribution in [0, 0.1) is 0 Å². The third-order valence-corrected chi connectivity index (χ3v) is 7.34. The molecule has 1 heterocycles. The maximum Gasteiger partial charge on any atom is 0.244 e. The van der Waals surface area contributed by atoms with Gasteiger partial charge < -0.3 is 9.88 Å². The number of hydrogen-bond donors (Lipinski definition) is 1. The van der Waals surface area contributed by atoms with Crippen molar-refractivity contribution >= 4 is 43.9 Å². The summed E-state index contributed by atoms with van der Waals surface area (Å²) in [5, 5.41) is 3.41. The number of aryl methyl sites for hydroxylation is 1. The highest BCUT2D eigenvalue weighted by molar-refractivity contribution is 7.91. The predicted octanol–water partition coefficient (Wildman–Crippen LogP) is 4.69. The molecule has 0 saturated heterocycles. The zero-order valence-corrected chi connectivity index (χ0v) is 19.4. The van der Waals surface area contributed by atoms with Crippen molar-refractivity contribution in [3.8, 4) is 0 Å². The Hall–Kier alpha value is -3.42. The zero-order chi connectivity index (χ0) is 23.6. The van der Waals surface area contributed by atoms with Crippen LogP contribution in [0.1, 0.15) is 12.5 Å². The van der Waals surface area contributed by atoms with Gasteiger partial charge in [-0.2, -0.15) is 0 Å².